The first-order valence-corrected chi connectivity index (χ1v) is 8.89. The van der Waals surface area contributed by atoms with Gasteiger partial charge in [0, 0.05) is 18.3 Å². The number of ether oxygens (including phenoxy) is 2. The fraction of sp³-hybridized carbons (Fsp3) is 0.421. The zero-order chi connectivity index (χ0) is 17.6. The predicted molar refractivity (Wildman–Crippen MR) is 98.6 cm³/mol. The summed E-state index contributed by atoms with van der Waals surface area (Å²) >= 11 is 5.97. The number of nitrogens with zero attached hydrogens (tertiary/aromatic N) is 1. The number of hydrogen-bond acceptors (Lipinski definition) is 4. The van der Waals surface area contributed by atoms with Crippen LogP contribution in [-0.4, -0.2) is 36.7 Å². The summed E-state index contributed by atoms with van der Waals surface area (Å²) in [5.74, 6) is 2.07. The molecule has 1 aromatic carbocycles. The van der Waals surface area contributed by atoms with Crippen LogP contribution in [0.1, 0.15) is 18.4 Å². The molecule has 2 aromatic rings. The molecule has 0 atom stereocenters. The number of nitrogens with one attached hydrogen (secondary N) is 1. The number of aromatic amines is 1. The quantitative estimate of drug-likeness (QED) is 0.856. The van der Waals surface area contributed by atoms with Crippen LogP contribution >= 0.6 is 11.6 Å². The normalized spacial score (nSPS) is 15.9. The van der Waals surface area contributed by atoms with Gasteiger partial charge < -0.3 is 14.5 Å². The van der Waals surface area contributed by atoms with E-state index in [4.69, 9.17) is 21.1 Å². The van der Waals surface area contributed by atoms with Gasteiger partial charge in [-0.05, 0) is 50.0 Å². The monoisotopic (exact) mass is 362 g/mol. The number of likely N-dealkylation sites (tertiary alicyclic amines) is 1. The van der Waals surface area contributed by atoms with Crippen molar-refractivity contribution in [2.75, 3.05) is 26.8 Å². The molecular weight excluding hydrogens is 340 g/mol. The molecule has 0 spiro atoms. The summed E-state index contributed by atoms with van der Waals surface area (Å²) in [5, 5.41) is 0.565. The van der Waals surface area contributed by atoms with Crippen molar-refractivity contribution >= 4 is 11.6 Å². The number of piperidine rings is 1. The van der Waals surface area contributed by atoms with Crippen LogP contribution in [-0.2, 0) is 6.54 Å². The predicted octanol–water partition coefficient (Wildman–Crippen LogP) is 3.33. The second-order valence-corrected chi connectivity index (χ2v) is 6.79. The van der Waals surface area contributed by atoms with Crippen LogP contribution in [0.4, 0.5) is 0 Å². The average Bonchev–Trinajstić information content (AvgIpc) is 2.64. The van der Waals surface area contributed by atoms with E-state index in [0.29, 0.717) is 24.1 Å². The van der Waals surface area contributed by atoms with Crippen molar-refractivity contribution in [3.8, 4) is 11.5 Å². The van der Waals surface area contributed by atoms with Gasteiger partial charge in [-0.25, -0.2) is 0 Å². The lowest BCUT2D eigenvalue weighted by Gasteiger charge is -2.31. The van der Waals surface area contributed by atoms with Gasteiger partial charge in [-0.2, -0.15) is 0 Å². The summed E-state index contributed by atoms with van der Waals surface area (Å²) < 4.78 is 11.3. The number of benzene rings is 1. The van der Waals surface area contributed by atoms with E-state index >= 15 is 0 Å². The van der Waals surface area contributed by atoms with E-state index in [2.05, 4.69) is 9.88 Å². The topological polar surface area (TPSA) is 54.6 Å². The molecule has 3 rings (SSSR count). The molecule has 1 saturated heterocycles. The lowest BCUT2D eigenvalue weighted by atomic mass is 9.97. The van der Waals surface area contributed by atoms with Gasteiger partial charge in [-0.3, -0.25) is 9.69 Å². The third-order valence-electron chi connectivity index (χ3n) is 4.59. The SMILES string of the molecule is COc1ccccc1OCC1CCN(Cc2cc(Cl)c[nH]c2=O)CC1. The van der Waals surface area contributed by atoms with Gasteiger partial charge in [0.25, 0.3) is 5.56 Å². The smallest absolute Gasteiger partial charge is 0.252 e. The molecule has 1 aliphatic heterocycles. The van der Waals surface area contributed by atoms with E-state index in [9.17, 15) is 4.79 Å². The third-order valence-corrected chi connectivity index (χ3v) is 4.81. The van der Waals surface area contributed by atoms with Gasteiger partial charge in [0.2, 0.25) is 0 Å². The lowest BCUT2D eigenvalue weighted by Crippen LogP contribution is -2.36. The first kappa shape index (κ1) is 17.8. The minimum Gasteiger partial charge on any atom is -0.493 e. The van der Waals surface area contributed by atoms with E-state index in [1.165, 1.54) is 6.20 Å². The number of aromatic nitrogens is 1. The molecule has 25 heavy (non-hydrogen) atoms. The molecule has 6 heteroatoms. The Balaban J connectivity index is 1.49. The third kappa shape index (κ3) is 4.77. The number of H-pyrrole nitrogens is 1. The van der Waals surface area contributed by atoms with E-state index < -0.39 is 0 Å². The number of rotatable bonds is 6. The van der Waals surface area contributed by atoms with Crippen LogP contribution in [0.15, 0.2) is 41.3 Å². The van der Waals surface area contributed by atoms with Crippen molar-refractivity contribution in [2.45, 2.75) is 19.4 Å². The maximum Gasteiger partial charge on any atom is 0.252 e. The molecule has 0 saturated carbocycles. The molecule has 0 aliphatic carbocycles. The molecule has 1 fully saturated rings. The molecular formula is C19H23ClN2O3. The maximum atomic E-state index is 11.9. The van der Waals surface area contributed by atoms with Gasteiger partial charge in [-0.15, -0.1) is 0 Å². The highest BCUT2D eigenvalue weighted by Crippen LogP contribution is 2.27. The molecule has 0 radical (unpaired) electrons. The maximum absolute atomic E-state index is 11.9. The number of pyridine rings is 1. The van der Waals surface area contributed by atoms with Gasteiger partial charge in [-0.1, -0.05) is 23.7 Å². The highest BCUT2D eigenvalue weighted by Gasteiger charge is 2.21. The Morgan fingerprint density at radius 1 is 1.24 bits per heavy atom. The van der Waals surface area contributed by atoms with Crippen LogP contribution in [0.5, 0.6) is 11.5 Å². The molecule has 0 unspecified atom stereocenters. The summed E-state index contributed by atoms with van der Waals surface area (Å²) in [7, 11) is 1.65. The molecule has 2 heterocycles. The van der Waals surface area contributed by atoms with Gasteiger partial charge in [0.05, 0.1) is 18.7 Å². The van der Waals surface area contributed by atoms with Crippen LogP contribution in [0, 0.1) is 5.92 Å². The van der Waals surface area contributed by atoms with Crippen LogP contribution in [0.3, 0.4) is 0 Å². The van der Waals surface area contributed by atoms with Crippen molar-refractivity contribution in [2.24, 2.45) is 5.92 Å². The highest BCUT2D eigenvalue weighted by atomic mass is 35.5. The van der Waals surface area contributed by atoms with Crippen LogP contribution in [0.2, 0.25) is 5.02 Å². The van der Waals surface area contributed by atoms with E-state index in [1.807, 2.05) is 24.3 Å². The number of halogens is 1. The number of para-hydroxylation sites is 2. The number of hydrogen-bond donors (Lipinski definition) is 1. The fourth-order valence-electron chi connectivity index (χ4n) is 3.12. The lowest BCUT2D eigenvalue weighted by molar-refractivity contribution is 0.134. The Bertz CT molecular complexity index is 754. The van der Waals surface area contributed by atoms with E-state index in [1.54, 1.807) is 13.2 Å². The first-order chi connectivity index (χ1) is 12.2. The summed E-state index contributed by atoms with van der Waals surface area (Å²) in [5.41, 5.74) is 0.655. The van der Waals surface area contributed by atoms with Gasteiger partial charge in [0.15, 0.2) is 11.5 Å². The average molecular weight is 363 g/mol. The number of methoxy groups -OCH3 is 1. The molecule has 1 N–H and O–H groups in total. The molecule has 0 bridgehead atoms. The molecule has 5 nitrogen and oxygen atoms in total. The Morgan fingerprint density at radius 3 is 2.68 bits per heavy atom. The molecule has 0 amide bonds. The van der Waals surface area contributed by atoms with Crippen molar-refractivity contribution in [3.63, 3.8) is 0 Å². The largest absolute Gasteiger partial charge is 0.493 e. The first-order valence-electron chi connectivity index (χ1n) is 8.51. The molecule has 1 aliphatic rings. The van der Waals surface area contributed by atoms with Crippen molar-refractivity contribution in [3.05, 3.63) is 57.5 Å². The van der Waals surface area contributed by atoms with E-state index in [0.717, 1.165) is 43.0 Å². The Labute approximate surface area is 152 Å². The minimum atomic E-state index is -0.0639. The summed E-state index contributed by atoms with van der Waals surface area (Å²) in [6.45, 7) is 3.22. The van der Waals surface area contributed by atoms with Crippen molar-refractivity contribution in [1.29, 1.82) is 0 Å². The zero-order valence-electron chi connectivity index (χ0n) is 14.3. The van der Waals surface area contributed by atoms with Gasteiger partial charge in [0.1, 0.15) is 0 Å². The summed E-state index contributed by atoms with van der Waals surface area (Å²) in [6, 6.07) is 9.46. The zero-order valence-corrected chi connectivity index (χ0v) is 15.1. The Hall–Kier alpha value is -1.98. The summed E-state index contributed by atoms with van der Waals surface area (Å²) in [4.78, 5) is 16.8. The van der Waals surface area contributed by atoms with E-state index in [-0.39, 0.29) is 5.56 Å². The highest BCUT2D eigenvalue weighted by molar-refractivity contribution is 6.30. The Kier molecular flexibility index (Phi) is 6.00. The van der Waals surface area contributed by atoms with Crippen molar-refractivity contribution < 1.29 is 9.47 Å². The second kappa shape index (κ2) is 8.41. The van der Waals surface area contributed by atoms with Crippen molar-refractivity contribution in [1.82, 2.24) is 9.88 Å². The Morgan fingerprint density at radius 2 is 1.96 bits per heavy atom. The summed E-state index contributed by atoms with van der Waals surface area (Å²) in [6.07, 6.45) is 3.62. The standard InChI is InChI=1S/C19H23ClN2O3/c1-24-17-4-2-3-5-18(17)25-13-14-6-8-22(9-7-14)12-15-10-16(20)11-21-19(15)23/h2-5,10-11,14H,6-9,12-13H2,1H3,(H,21,23). The van der Waals surface area contributed by atoms with Crippen LogP contribution in [0.25, 0.3) is 0 Å². The fourth-order valence-corrected chi connectivity index (χ4v) is 3.30. The van der Waals surface area contributed by atoms with Crippen LogP contribution < -0.4 is 15.0 Å². The molecule has 1 aromatic heterocycles. The minimum absolute atomic E-state index is 0.0639. The second-order valence-electron chi connectivity index (χ2n) is 6.35. The van der Waals surface area contributed by atoms with Gasteiger partial charge >= 0.3 is 0 Å². The molecule has 134 valence electrons.